The Bertz CT molecular complexity index is 519. The van der Waals surface area contributed by atoms with Crippen LogP contribution in [0.1, 0.15) is 49.9 Å². The number of aliphatic hydroxyl groups is 1. The van der Waals surface area contributed by atoms with Crippen LogP contribution in [-0.2, 0) is 12.8 Å². The molecule has 1 heterocycles. The van der Waals surface area contributed by atoms with Crippen LogP contribution in [0.15, 0.2) is 36.4 Å². The van der Waals surface area contributed by atoms with E-state index < -0.39 is 6.10 Å². The molecule has 0 amide bonds. The Kier molecular flexibility index (Phi) is 4.38. The van der Waals surface area contributed by atoms with Gasteiger partial charge in [0.25, 0.3) is 0 Å². The first-order valence-electron chi connectivity index (χ1n) is 6.97. The molecule has 0 saturated carbocycles. The summed E-state index contributed by atoms with van der Waals surface area (Å²) in [6, 6.07) is 11.8. The van der Waals surface area contributed by atoms with Crippen LogP contribution in [0.2, 0.25) is 0 Å². The Labute approximate surface area is 114 Å². The van der Waals surface area contributed by atoms with Crippen LogP contribution < -0.4 is 0 Å². The maximum Gasteiger partial charge on any atom is 0.101 e. The Hall–Kier alpha value is -1.61. The summed E-state index contributed by atoms with van der Waals surface area (Å²) >= 11 is 0. The van der Waals surface area contributed by atoms with Crippen molar-refractivity contribution in [3.8, 4) is 0 Å². The molecule has 0 saturated heterocycles. The first-order chi connectivity index (χ1) is 9.17. The van der Waals surface area contributed by atoms with E-state index in [1.165, 1.54) is 5.69 Å². The van der Waals surface area contributed by atoms with Crippen LogP contribution in [-0.4, -0.2) is 14.9 Å². The quantitative estimate of drug-likeness (QED) is 0.893. The molecule has 1 aromatic heterocycles. The van der Waals surface area contributed by atoms with Gasteiger partial charge in [-0.3, -0.25) is 4.68 Å². The fourth-order valence-corrected chi connectivity index (χ4v) is 2.34. The van der Waals surface area contributed by atoms with Crippen molar-refractivity contribution in [3.63, 3.8) is 0 Å². The smallest absolute Gasteiger partial charge is 0.101 e. The summed E-state index contributed by atoms with van der Waals surface area (Å²) in [7, 11) is 0. The van der Waals surface area contributed by atoms with E-state index in [1.54, 1.807) is 0 Å². The molecule has 0 aliphatic rings. The lowest BCUT2D eigenvalue weighted by molar-refractivity contribution is 0.114. The van der Waals surface area contributed by atoms with E-state index in [2.05, 4.69) is 25.0 Å². The molecule has 2 atom stereocenters. The van der Waals surface area contributed by atoms with Gasteiger partial charge in [0.15, 0.2) is 0 Å². The molecule has 0 aliphatic carbocycles. The van der Waals surface area contributed by atoms with Gasteiger partial charge in [0.1, 0.15) is 6.10 Å². The molecule has 0 bridgehead atoms. The van der Waals surface area contributed by atoms with Crippen molar-refractivity contribution in [2.75, 3.05) is 0 Å². The van der Waals surface area contributed by atoms with Crippen molar-refractivity contribution in [1.82, 2.24) is 9.78 Å². The van der Waals surface area contributed by atoms with Gasteiger partial charge >= 0.3 is 0 Å². The molecule has 2 unspecified atom stereocenters. The first-order valence-corrected chi connectivity index (χ1v) is 6.97. The Morgan fingerprint density at radius 3 is 2.42 bits per heavy atom. The topological polar surface area (TPSA) is 38.0 Å². The summed E-state index contributed by atoms with van der Waals surface area (Å²) in [4.78, 5) is 0. The Morgan fingerprint density at radius 1 is 1.16 bits per heavy atom. The highest BCUT2D eigenvalue weighted by atomic mass is 16.3. The Balaban J connectivity index is 2.28. The summed E-state index contributed by atoms with van der Waals surface area (Å²) in [6.45, 7) is 6.24. The molecule has 0 spiro atoms. The molecule has 102 valence electrons. The third kappa shape index (κ3) is 2.87. The third-order valence-corrected chi connectivity index (χ3v) is 3.57. The minimum absolute atomic E-state index is 0.0577. The van der Waals surface area contributed by atoms with Crippen LogP contribution in [0, 0.1) is 0 Å². The highest BCUT2D eigenvalue weighted by Gasteiger charge is 2.21. The molecule has 0 aliphatic heterocycles. The number of rotatable bonds is 5. The number of benzene rings is 1. The summed E-state index contributed by atoms with van der Waals surface area (Å²) in [5.41, 5.74) is 3.20. The van der Waals surface area contributed by atoms with Crippen molar-refractivity contribution in [2.45, 2.75) is 45.8 Å². The number of hydrogen-bond donors (Lipinski definition) is 1. The van der Waals surface area contributed by atoms with E-state index in [0.717, 1.165) is 24.1 Å². The number of aryl methyl sites for hydroxylation is 2. The van der Waals surface area contributed by atoms with Gasteiger partial charge in [-0.05, 0) is 31.4 Å². The summed E-state index contributed by atoms with van der Waals surface area (Å²) in [5.74, 6) is 0. The monoisotopic (exact) mass is 258 g/mol. The average Bonchev–Trinajstić information content (AvgIpc) is 2.90. The van der Waals surface area contributed by atoms with E-state index in [0.29, 0.717) is 0 Å². The molecule has 3 heteroatoms. The zero-order valence-corrected chi connectivity index (χ0v) is 11.9. The van der Waals surface area contributed by atoms with E-state index in [9.17, 15) is 5.11 Å². The van der Waals surface area contributed by atoms with Crippen LogP contribution in [0.4, 0.5) is 0 Å². The molecule has 3 nitrogen and oxygen atoms in total. The van der Waals surface area contributed by atoms with Crippen molar-refractivity contribution in [1.29, 1.82) is 0 Å². The number of hydrogen-bond acceptors (Lipinski definition) is 2. The van der Waals surface area contributed by atoms with Crippen LogP contribution in [0.5, 0.6) is 0 Å². The highest BCUT2D eigenvalue weighted by Crippen LogP contribution is 2.27. The molecule has 2 rings (SSSR count). The maximum atomic E-state index is 10.5. The zero-order valence-electron chi connectivity index (χ0n) is 11.9. The van der Waals surface area contributed by atoms with Crippen LogP contribution >= 0.6 is 0 Å². The molecular formula is C16H22N2O. The lowest BCUT2D eigenvalue weighted by atomic mass is 10.0. The average molecular weight is 258 g/mol. The second-order valence-electron chi connectivity index (χ2n) is 4.87. The second-order valence-corrected chi connectivity index (χ2v) is 4.87. The summed E-state index contributed by atoms with van der Waals surface area (Å²) in [6.07, 6.45) is 1.32. The van der Waals surface area contributed by atoms with Crippen LogP contribution in [0.3, 0.4) is 0 Å². The second kappa shape index (κ2) is 6.02. The van der Waals surface area contributed by atoms with Crippen molar-refractivity contribution >= 4 is 0 Å². The lowest BCUT2D eigenvalue weighted by Gasteiger charge is -2.21. The number of aromatic nitrogens is 2. The largest absolute Gasteiger partial charge is 0.386 e. The van der Waals surface area contributed by atoms with Crippen molar-refractivity contribution in [2.24, 2.45) is 0 Å². The predicted octanol–water partition coefficient (Wildman–Crippen LogP) is 3.30. The van der Waals surface area contributed by atoms with Gasteiger partial charge < -0.3 is 5.11 Å². The molecular weight excluding hydrogens is 236 g/mol. The Morgan fingerprint density at radius 2 is 1.84 bits per heavy atom. The van der Waals surface area contributed by atoms with Gasteiger partial charge in [-0.1, -0.05) is 44.2 Å². The van der Waals surface area contributed by atoms with Crippen LogP contribution in [0.25, 0.3) is 0 Å². The molecule has 1 aromatic carbocycles. The van der Waals surface area contributed by atoms with Gasteiger partial charge in [-0.15, -0.1) is 0 Å². The van der Waals surface area contributed by atoms with Gasteiger partial charge in [0.05, 0.1) is 11.7 Å². The van der Waals surface area contributed by atoms with Gasteiger partial charge in [-0.2, -0.15) is 5.10 Å². The van der Waals surface area contributed by atoms with E-state index in [4.69, 9.17) is 0 Å². The van der Waals surface area contributed by atoms with E-state index >= 15 is 0 Å². The predicted molar refractivity (Wildman–Crippen MR) is 77.1 cm³/mol. The SMILES string of the molecule is CCc1cc(CC)n(C(C)C(O)c2ccccc2)n1. The first kappa shape index (κ1) is 13.8. The standard InChI is InChI=1S/C16H22N2O/c1-4-14-11-15(5-2)18(17-14)12(3)16(19)13-9-7-6-8-10-13/h6-12,16,19H,4-5H2,1-3H3. The molecule has 0 radical (unpaired) electrons. The van der Waals surface area contributed by atoms with E-state index in [-0.39, 0.29) is 6.04 Å². The fraction of sp³-hybridized carbons (Fsp3) is 0.438. The molecule has 19 heavy (non-hydrogen) atoms. The highest BCUT2D eigenvalue weighted by molar-refractivity contribution is 5.19. The summed E-state index contributed by atoms with van der Waals surface area (Å²) < 4.78 is 1.97. The lowest BCUT2D eigenvalue weighted by Crippen LogP contribution is -2.18. The van der Waals surface area contributed by atoms with Crippen molar-refractivity contribution in [3.05, 3.63) is 53.3 Å². The number of aliphatic hydroxyl groups excluding tert-OH is 1. The molecule has 0 fully saturated rings. The molecule has 1 N–H and O–H groups in total. The van der Waals surface area contributed by atoms with Crippen molar-refractivity contribution < 1.29 is 5.11 Å². The van der Waals surface area contributed by atoms with Gasteiger partial charge in [-0.25, -0.2) is 0 Å². The molecule has 2 aromatic rings. The maximum absolute atomic E-state index is 10.5. The fourth-order valence-electron chi connectivity index (χ4n) is 2.34. The van der Waals surface area contributed by atoms with E-state index in [1.807, 2.05) is 41.9 Å². The van der Waals surface area contributed by atoms with Gasteiger partial charge in [0.2, 0.25) is 0 Å². The number of nitrogens with zero attached hydrogens (tertiary/aromatic N) is 2. The summed E-state index contributed by atoms with van der Waals surface area (Å²) in [5, 5.41) is 15.1. The zero-order chi connectivity index (χ0) is 13.8. The minimum Gasteiger partial charge on any atom is -0.386 e. The normalized spacial score (nSPS) is 14.3. The third-order valence-electron chi connectivity index (χ3n) is 3.57. The van der Waals surface area contributed by atoms with Gasteiger partial charge in [0, 0.05) is 5.69 Å². The minimum atomic E-state index is -0.531.